The normalized spacial score (nSPS) is 21.3. The van der Waals surface area contributed by atoms with E-state index in [0.717, 1.165) is 44.5 Å². The number of hydrogen-bond donors (Lipinski definition) is 1. The van der Waals surface area contributed by atoms with Crippen molar-refractivity contribution < 1.29 is 14.0 Å². The zero-order chi connectivity index (χ0) is 16.2. The molecule has 0 radical (unpaired) electrons. The Labute approximate surface area is 136 Å². The van der Waals surface area contributed by atoms with Crippen molar-refractivity contribution in [2.75, 3.05) is 19.6 Å². The lowest BCUT2D eigenvalue weighted by Crippen LogP contribution is -2.46. The fraction of sp³-hybridized carbons (Fsp3) is 0.647. The van der Waals surface area contributed by atoms with Crippen molar-refractivity contribution in [2.24, 2.45) is 0 Å². The Bertz CT molecular complexity index is 539. The van der Waals surface area contributed by atoms with Gasteiger partial charge in [0, 0.05) is 25.6 Å². The maximum Gasteiger partial charge on any atom is 0.234 e. The predicted molar refractivity (Wildman–Crippen MR) is 85.6 cm³/mol. The molecule has 2 amide bonds. The first-order valence-corrected chi connectivity index (χ1v) is 8.44. The maximum absolute atomic E-state index is 12.1. The Morgan fingerprint density at radius 1 is 1.39 bits per heavy atom. The van der Waals surface area contributed by atoms with Gasteiger partial charge in [-0.1, -0.05) is 0 Å². The lowest BCUT2D eigenvalue weighted by Gasteiger charge is -2.30. The monoisotopic (exact) mass is 319 g/mol. The average molecular weight is 319 g/mol. The number of rotatable bonds is 7. The number of carbonyl (C=O) groups is 2. The largest absolute Gasteiger partial charge is 0.467 e. The van der Waals surface area contributed by atoms with Crippen molar-refractivity contribution in [2.45, 2.75) is 51.2 Å². The molecule has 23 heavy (non-hydrogen) atoms. The molecule has 6 heteroatoms. The Hall–Kier alpha value is -1.82. The van der Waals surface area contributed by atoms with Crippen LogP contribution in [0.25, 0.3) is 0 Å². The lowest BCUT2D eigenvalue weighted by molar-refractivity contribution is -0.130. The van der Waals surface area contributed by atoms with Gasteiger partial charge in [0.15, 0.2) is 0 Å². The highest BCUT2D eigenvalue weighted by Crippen LogP contribution is 2.29. The van der Waals surface area contributed by atoms with Crippen molar-refractivity contribution in [3.63, 3.8) is 0 Å². The van der Waals surface area contributed by atoms with Gasteiger partial charge in [-0.15, -0.1) is 0 Å². The average Bonchev–Trinajstić information content (AvgIpc) is 3.04. The molecule has 1 N–H and O–H groups in total. The summed E-state index contributed by atoms with van der Waals surface area (Å²) in [4.78, 5) is 28.1. The van der Waals surface area contributed by atoms with Gasteiger partial charge in [0.1, 0.15) is 5.76 Å². The molecule has 0 aromatic carbocycles. The minimum absolute atomic E-state index is 0.00842. The van der Waals surface area contributed by atoms with Gasteiger partial charge in [-0.25, -0.2) is 0 Å². The van der Waals surface area contributed by atoms with Crippen molar-refractivity contribution in [3.8, 4) is 0 Å². The van der Waals surface area contributed by atoms with Crippen LogP contribution in [0.2, 0.25) is 0 Å². The Morgan fingerprint density at radius 2 is 2.22 bits per heavy atom. The molecule has 2 aliphatic rings. The first-order valence-electron chi connectivity index (χ1n) is 8.44. The molecule has 1 aliphatic heterocycles. The molecular formula is C17H25N3O3. The summed E-state index contributed by atoms with van der Waals surface area (Å²) in [5.41, 5.74) is 0. The third-order valence-corrected chi connectivity index (χ3v) is 4.69. The van der Waals surface area contributed by atoms with Crippen molar-refractivity contribution in [1.82, 2.24) is 15.1 Å². The second kappa shape index (κ2) is 7.17. The Balaban J connectivity index is 1.48. The third kappa shape index (κ3) is 4.34. The van der Waals surface area contributed by atoms with Crippen molar-refractivity contribution in [3.05, 3.63) is 24.2 Å². The molecule has 2 fully saturated rings. The van der Waals surface area contributed by atoms with Crippen LogP contribution in [0, 0.1) is 0 Å². The molecule has 1 saturated carbocycles. The summed E-state index contributed by atoms with van der Waals surface area (Å²) in [7, 11) is 0. The second-order valence-electron chi connectivity index (χ2n) is 6.53. The van der Waals surface area contributed by atoms with E-state index in [0.29, 0.717) is 25.2 Å². The maximum atomic E-state index is 12.1. The SMILES string of the molecule is CC(=O)N(C[C@H]1CCCN1CC(=O)NCc1ccco1)C1CC1. The Morgan fingerprint density at radius 3 is 2.87 bits per heavy atom. The topological polar surface area (TPSA) is 65.8 Å². The van der Waals surface area contributed by atoms with E-state index in [1.54, 1.807) is 13.2 Å². The van der Waals surface area contributed by atoms with Crippen LogP contribution < -0.4 is 5.32 Å². The first-order chi connectivity index (χ1) is 11.1. The number of likely N-dealkylation sites (tertiary alicyclic amines) is 1. The summed E-state index contributed by atoms with van der Waals surface area (Å²) in [6.07, 6.45) is 5.99. The third-order valence-electron chi connectivity index (χ3n) is 4.69. The number of hydrogen-bond acceptors (Lipinski definition) is 4. The highest BCUT2D eigenvalue weighted by molar-refractivity contribution is 5.78. The van der Waals surface area contributed by atoms with Gasteiger partial charge >= 0.3 is 0 Å². The number of nitrogens with one attached hydrogen (secondary N) is 1. The molecule has 126 valence electrons. The van der Waals surface area contributed by atoms with E-state index in [1.807, 2.05) is 17.0 Å². The summed E-state index contributed by atoms with van der Waals surface area (Å²) in [6, 6.07) is 4.39. The first kappa shape index (κ1) is 16.1. The quantitative estimate of drug-likeness (QED) is 0.824. The van der Waals surface area contributed by atoms with E-state index in [9.17, 15) is 9.59 Å². The van der Waals surface area contributed by atoms with Gasteiger partial charge in [0.2, 0.25) is 11.8 Å². The van der Waals surface area contributed by atoms with Crippen LogP contribution in [0.3, 0.4) is 0 Å². The minimum atomic E-state index is 0.00842. The van der Waals surface area contributed by atoms with Crippen LogP contribution in [0.1, 0.15) is 38.4 Å². The van der Waals surface area contributed by atoms with E-state index in [2.05, 4.69) is 10.2 Å². The van der Waals surface area contributed by atoms with Gasteiger partial charge in [-0.2, -0.15) is 0 Å². The highest BCUT2D eigenvalue weighted by Gasteiger charge is 2.35. The molecule has 1 aromatic rings. The molecule has 1 aromatic heterocycles. The predicted octanol–water partition coefficient (Wildman–Crippen LogP) is 1.37. The number of furan rings is 1. The van der Waals surface area contributed by atoms with Gasteiger partial charge in [0.05, 0.1) is 19.4 Å². The van der Waals surface area contributed by atoms with E-state index in [-0.39, 0.29) is 11.8 Å². The fourth-order valence-electron chi connectivity index (χ4n) is 3.30. The lowest BCUT2D eigenvalue weighted by atomic mass is 10.2. The van der Waals surface area contributed by atoms with E-state index in [1.165, 1.54) is 0 Å². The smallest absolute Gasteiger partial charge is 0.234 e. The number of nitrogens with zero attached hydrogens (tertiary/aromatic N) is 2. The zero-order valence-electron chi connectivity index (χ0n) is 13.7. The highest BCUT2D eigenvalue weighted by atomic mass is 16.3. The molecule has 1 saturated heterocycles. The molecule has 6 nitrogen and oxygen atoms in total. The van der Waals surface area contributed by atoms with Gasteiger partial charge in [0.25, 0.3) is 0 Å². The van der Waals surface area contributed by atoms with Crippen LogP contribution in [0.15, 0.2) is 22.8 Å². The van der Waals surface area contributed by atoms with Crippen LogP contribution >= 0.6 is 0 Å². The summed E-state index contributed by atoms with van der Waals surface area (Å²) >= 11 is 0. The van der Waals surface area contributed by atoms with Crippen LogP contribution in [-0.2, 0) is 16.1 Å². The molecule has 1 aliphatic carbocycles. The van der Waals surface area contributed by atoms with E-state index < -0.39 is 0 Å². The molecule has 0 spiro atoms. The van der Waals surface area contributed by atoms with E-state index >= 15 is 0 Å². The Kier molecular flexibility index (Phi) is 5.00. The summed E-state index contributed by atoms with van der Waals surface area (Å²) < 4.78 is 5.21. The van der Waals surface area contributed by atoms with Crippen LogP contribution in [0.4, 0.5) is 0 Å². The summed E-state index contributed by atoms with van der Waals surface area (Å²) in [6.45, 7) is 4.14. The fourth-order valence-corrected chi connectivity index (χ4v) is 3.30. The van der Waals surface area contributed by atoms with Crippen LogP contribution in [-0.4, -0.2) is 53.3 Å². The number of amides is 2. The van der Waals surface area contributed by atoms with Gasteiger partial charge < -0.3 is 14.6 Å². The molecule has 1 atom stereocenters. The van der Waals surface area contributed by atoms with Gasteiger partial charge in [-0.05, 0) is 44.4 Å². The van der Waals surface area contributed by atoms with Gasteiger partial charge in [-0.3, -0.25) is 14.5 Å². The summed E-state index contributed by atoms with van der Waals surface area (Å²) in [5.74, 6) is 0.920. The van der Waals surface area contributed by atoms with E-state index in [4.69, 9.17) is 4.42 Å². The molecule has 0 unspecified atom stereocenters. The standard InChI is InChI=1S/C17H25N3O3/c1-13(21)20(14-6-7-14)11-15-4-2-8-19(15)12-17(22)18-10-16-5-3-9-23-16/h3,5,9,14-15H,2,4,6-8,10-12H2,1H3,(H,18,22)/t15-/m1/s1. The molecule has 0 bridgehead atoms. The minimum Gasteiger partial charge on any atom is -0.467 e. The zero-order valence-corrected chi connectivity index (χ0v) is 13.7. The molecular weight excluding hydrogens is 294 g/mol. The second-order valence-corrected chi connectivity index (χ2v) is 6.53. The number of carbonyl (C=O) groups excluding carboxylic acids is 2. The molecule has 3 rings (SSSR count). The summed E-state index contributed by atoms with van der Waals surface area (Å²) in [5, 5.41) is 2.89. The van der Waals surface area contributed by atoms with Crippen molar-refractivity contribution >= 4 is 11.8 Å². The van der Waals surface area contributed by atoms with Crippen molar-refractivity contribution in [1.29, 1.82) is 0 Å². The molecule has 2 heterocycles. The van der Waals surface area contributed by atoms with Crippen LogP contribution in [0.5, 0.6) is 0 Å².